The van der Waals surface area contributed by atoms with Crippen LogP contribution in [-0.4, -0.2) is 28.3 Å². The summed E-state index contributed by atoms with van der Waals surface area (Å²) in [5.41, 5.74) is 3.93. The minimum absolute atomic E-state index is 0.103. The number of benzene rings is 2. The molecule has 5 rings (SSSR count). The Labute approximate surface area is 191 Å². The third-order valence-corrected chi connectivity index (χ3v) is 6.34. The third kappa shape index (κ3) is 4.00. The van der Waals surface area contributed by atoms with Crippen molar-refractivity contribution in [1.29, 1.82) is 0 Å². The van der Waals surface area contributed by atoms with Crippen molar-refractivity contribution in [3.05, 3.63) is 81.1 Å². The van der Waals surface area contributed by atoms with Gasteiger partial charge in [-0.05, 0) is 35.6 Å². The molecule has 0 saturated carbocycles. The quantitative estimate of drug-likeness (QED) is 0.575. The summed E-state index contributed by atoms with van der Waals surface area (Å²) < 4.78 is 0. The average Bonchev–Trinajstić information content (AvgIpc) is 2.83. The maximum absolute atomic E-state index is 13.1. The maximum Gasteiger partial charge on any atom is 0.258 e. The third-order valence-electron chi connectivity index (χ3n) is 6.34. The van der Waals surface area contributed by atoms with Gasteiger partial charge in [0, 0.05) is 25.2 Å². The number of carbonyl (C=O) groups excluding carboxylic acids is 2. The number of rotatable bonds is 4. The standard InChI is InChI=1S/C25H25N5O3/c1-2-15-7-5-6-10-19(15)26-23(32)18-13-20(31)27-22-21(18)24(33)29-25(28-22)30-12-11-16-8-3-4-9-17(16)14-30/h3-10,18H,2,11-14H2,1H3,(H,26,32)(H2,27,28,29,31,33)/t18-/m1/s1. The second-order valence-electron chi connectivity index (χ2n) is 8.40. The maximum atomic E-state index is 13.1. The monoisotopic (exact) mass is 443 g/mol. The molecule has 0 fully saturated rings. The number of aryl methyl sites for hydroxylation is 1. The first-order valence-corrected chi connectivity index (χ1v) is 11.2. The van der Waals surface area contributed by atoms with Crippen molar-refractivity contribution in [2.75, 3.05) is 22.1 Å². The normalized spacial score (nSPS) is 17.1. The van der Waals surface area contributed by atoms with Gasteiger partial charge in [-0.25, -0.2) is 0 Å². The van der Waals surface area contributed by atoms with E-state index in [9.17, 15) is 14.4 Å². The molecule has 3 N–H and O–H groups in total. The van der Waals surface area contributed by atoms with E-state index in [1.807, 2.05) is 48.2 Å². The van der Waals surface area contributed by atoms with Crippen molar-refractivity contribution in [1.82, 2.24) is 9.97 Å². The molecule has 0 radical (unpaired) electrons. The van der Waals surface area contributed by atoms with Gasteiger partial charge in [-0.2, -0.15) is 4.98 Å². The Morgan fingerprint density at radius 2 is 1.88 bits per heavy atom. The van der Waals surface area contributed by atoms with Gasteiger partial charge in [0.1, 0.15) is 5.82 Å². The van der Waals surface area contributed by atoms with Gasteiger partial charge >= 0.3 is 0 Å². The summed E-state index contributed by atoms with van der Waals surface area (Å²) in [5.74, 6) is -1.08. The molecule has 3 heterocycles. The predicted molar refractivity (Wildman–Crippen MR) is 126 cm³/mol. The number of hydrogen-bond donors (Lipinski definition) is 3. The van der Waals surface area contributed by atoms with Crippen molar-refractivity contribution >= 4 is 29.3 Å². The molecule has 0 spiro atoms. The molecule has 168 valence electrons. The number of nitrogens with zero attached hydrogens (tertiary/aromatic N) is 2. The van der Waals surface area contributed by atoms with Crippen LogP contribution in [-0.2, 0) is 29.0 Å². The molecule has 2 aliphatic rings. The van der Waals surface area contributed by atoms with Crippen molar-refractivity contribution in [2.24, 2.45) is 0 Å². The van der Waals surface area contributed by atoms with E-state index in [2.05, 4.69) is 32.7 Å². The molecule has 3 aromatic rings. The molecule has 8 nitrogen and oxygen atoms in total. The molecule has 0 aliphatic carbocycles. The Bertz CT molecular complexity index is 1300. The molecule has 1 aromatic heterocycles. The SMILES string of the molecule is CCc1ccccc1NC(=O)[C@@H]1CC(=O)Nc2nc(N3CCc4ccccc4C3)[nH]c(=O)c21. The van der Waals surface area contributed by atoms with Gasteiger partial charge in [0.15, 0.2) is 0 Å². The highest BCUT2D eigenvalue weighted by atomic mass is 16.2. The number of para-hydroxylation sites is 1. The van der Waals surface area contributed by atoms with Crippen LogP contribution in [0.1, 0.15) is 41.5 Å². The van der Waals surface area contributed by atoms with Gasteiger partial charge in [0.2, 0.25) is 17.8 Å². The molecular weight excluding hydrogens is 418 g/mol. The Kier molecular flexibility index (Phi) is 5.42. The zero-order valence-corrected chi connectivity index (χ0v) is 18.4. The Morgan fingerprint density at radius 3 is 2.70 bits per heavy atom. The number of hydrogen-bond acceptors (Lipinski definition) is 5. The predicted octanol–water partition coefficient (Wildman–Crippen LogP) is 2.96. The van der Waals surface area contributed by atoms with Gasteiger partial charge in [-0.1, -0.05) is 49.4 Å². The lowest BCUT2D eigenvalue weighted by molar-refractivity contribution is -0.123. The summed E-state index contributed by atoms with van der Waals surface area (Å²) in [6.07, 6.45) is 1.49. The number of anilines is 3. The molecule has 2 amide bonds. The van der Waals surface area contributed by atoms with Gasteiger partial charge < -0.3 is 15.5 Å². The minimum atomic E-state index is -0.911. The summed E-state index contributed by atoms with van der Waals surface area (Å²) >= 11 is 0. The van der Waals surface area contributed by atoms with Crippen LogP contribution < -0.4 is 21.1 Å². The van der Waals surface area contributed by atoms with E-state index in [1.54, 1.807) is 0 Å². The number of nitrogens with one attached hydrogen (secondary N) is 3. The lowest BCUT2D eigenvalue weighted by Gasteiger charge is -2.30. The number of aromatic nitrogens is 2. The summed E-state index contributed by atoms with van der Waals surface area (Å²) in [6, 6.07) is 15.7. The van der Waals surface area contributed by atoms with Crippen LogP contribution >= 0.6 is 0 Å². The van der Waals surface area contributed by atoms with E-state index >= 15 is 0 Å². The van der Waals surface area contributed by atoms with Crippen LogP contribution in [0.2, 0.25) is 0 Å². The molecule has 2 aromatic carbocycles. The molecule has 0 bridgehead atoms. The fraction of sp³-hybridized carbons (Fsp3) is 0.280. The first kappa shape index (κ1) is 20.9. The van der Waals surface area contributed by atoms with Gasteiger partial charge in [0.25, 0.3) is 5.56 Å². The van der Waals surface area contributed by atoms with Crippen LogP contribution in [0, 0.1) is 0 Å². The van der Waals surface area contributed by atoms with E-state index in [-0.39, 0.29) is 29.6 Å². The van der Waals surface area contributed by atoms with Crippen LogP contribution in [0.3, 0.4) is 0 Å². The van der Waals surface area contributed by atoms with Crippen LogP contribution in [0.5, 0.6) is 0 Å². The topological polar surface area (TPSA) is 107 Å². The molecule has 0 unspecified atom stereocenters. The van der Waals surface area contributed by atoms with Gasteiger partial charge in [0.05, 0.1) is 11.5 Å². The van der Waals surface area contributed by atoms with Gasteiger partial charge in [-0.15, -0.1) is 0 Å². The summed E-state index contributed by atoms with van der Waals surface area (Å²) in [4.78, 5) is 48.1. The highest BCUT2D eigenvalue weighted by Crippen LogP contribution is 2.31. The number of amides is 2. The Hall–Kier alpha value is -3.94. The van der Waals surface area contributed by atoms with E-state index in [4.69, 9.17) is 0 Å². The smallest absolute Gasteiger partial charge is 0.258 e. The van der Waals surface area contributed by atoms with E-state index < -0.39 is 11.5 Å². The Morgan fingerprint density at radius 1 is 1.12 bits per heavy atom. The largest absolute Gasteiger partial charge is 0.338 e. The summed E-state index contributed by atoms with van der Waals surface area (Å²) in [5, 5.41) is 5.59. The van der Waals surface area contributed by atoms with Gasteiger partial charge in [-0.3, -0.25) is 19.4 Å². The number of aromatic amines is 1. The van der Waals surface area contributed by atoms with Crippen molar-refractivity contribution < 1.29 is 9.59 Å². The van der Waals surface area contributed by atoms with E-state index in [0.29, 0.717) is 24.7 Å². The van der Waals surface area contributed by atoms with E-state index in [1.165, 1.54) is 11.1 Å². The summed E-state index contributed by atoms with van der Waals surface area (Å²) in [6.45, 7) is 3.32. The fourth-order valence-corrected chi connectivity index (χ4v) is 4.58. The molecule has 33 heavy (non-hydrogen) atoms. The van der Waals surface area contributed by atoms with Crippen molar-refractivity contribution in [3.8, 4) is 0 Å². The molecule has 0 saturated heterocycles. The van der Waals surface area contributed by atoms with Crippen molar-refractivity contribution in [2.45, 2.75) is 38.6 Å². The molecule has 1 atom stereocenters. The second kappa shape index (κ2) is 8.54. The molecule has 2 aliphatic heterocycles. The lowest BCUT2D eigenvalue weighted by atomic mass is 9.92. The number of H-pyrrole nitrogens is 1. The molecular formula is C25H25N5O3. The lowest BCUT2D eigenvalue weighted by Crippen LogP contribution is -2.39. The average molecular weight is 444 g/mol. The number of fused-ring (bicyclic) bond motifs is 2. The zero-order chi connectivity index (χ0) is 22.9. The highest BCUT2D eigenvalue weighted by molar-refractivity contribution is 6.04. The minimum Gasteiger partial charge on any atom is -0.338 e. The second-order valence-corrected chi connectivity index (χ2v) is 8.40. The summed E-state index contributed by atoms with van der Waals surface area (Å²) in [7, 11) is 0. The highest BCUT2D eigenvalue weighted by Gasteiger charge is 2.35. The van der Waals surface area contributed by atoms with Crippen molar-refractivity contribution in [3.63, 3.8) is 0 Å². The fourth-order valence-electron chi connectivity index (χ4n) is 4.58. The Balaban J connectivity index is 1.45. The van der Waals surface area contributed by atoms with E-state index in [0.717, 1.165) is 18.4 Å². The van der Waals surface area contributed by atoms with Crippen LogP contribution in [0.25, 0.3) is 0 Å². The zero-order valence-electron chi connectivity index (χ0n) is 18.4. The first-order chi connectivity index (χ1) is 16.0. The van der Waals surface area contributed by atoms with Crippen LogP contribution in [0.15, 0.2) is 53.3 Å². The van der Waals surface area contributed by atoms with Crippen LogP contribution in [0.4, 0.5) is 17.5 Å². The first-order valence-electron chi connectivity index (χ1n) is 11.2. The number of carbonyl (C=O) groups is 2. The molecule has 8 heteroatoms.